The molecule has 32 heavy (non-hydrogen) atoms. The molecule has 1 amide bonds. The van der Waals surface area contributed by atoms with Crippen LogP contribution in [0.1, 0.15) is 62.7 Å². The molecule has 2 aromatic rings. The number of carbonyl (C=O) groups excluding carboxylic acids is 1. The van der Waals surface area contributed by atoms with Gasteiger partial charge in [0.05, 0.1) is 18.0 Å². The van der Waals surface area contributed by atoms with Crippen molar-refractivity contribution >= 4 is 23.5 Å². The fourth-order valence-electron chi connectivity index (χ4n) is 3.52. The van der Waals surface area contributed by atoms with Gasteiger partial charge in [-0.3, -0.25) is 9.78 Å². The summed E-state index contributed by atoms with van der Waals surface area (Å²) >= 11 is 6.07. The Morgan fingerprint density at radius 3 is 2.31 bits per heavy atom. The largest absolute Gasteiger partial charge is 0.479 e. The maximum absolute atomic E-state index is 12.3. The van der Waals surface area contributed by atoms with E-state index >= 15 is 0 Å². The van der Waals surface area contributed by atoms with Crippen molar-refractivity contribution in [2.75, 3.05) is 0 Å². The molecule has 0 spiro atoms. The number of allylic oxidation sites excluding steroid dienone is 1. The Labute approximate surface area is 194 Å². The Kier molecular flexibility index (Phi) is 8.07. The number of pyridine rings is 1. The van der Waals surface area contributed by atoms with Crippen LogP contribution in [0.5, 0.6) is 0 Å². The van der Waals surface area contributed by atoms with Crippen LogP contribution in [0, 0.1) is 19.3 Å². The minimum absolute atomic E-state index is 0.0671. The van der Waals surface area contributed by atoms with Gasteiger partial charge in [0.1, 0.15) is 0 Å². The van der Waals surface area contributed by atoms with Crippen LogP contribution in [-0.2, 0) is 20.9 Å². The lowest BCUT2D eigenvalue weighted by molar-refractivity contribution is -0.148. The third kappa shape index (κ3) is 6.57. The fourth-order valence-corrected chi connectivity index (χ4v) is 3.64. The van der Waals surface area contributed by atoms with Gasteiger partial charge < -0.3 is 15.2 Å². The van der Waals surface area contributed by atoms with E-state index in [1.165, 1.54) is 0 Å². The normalized spacial score (nSPS) is 12.2. The van der Waals surface area contributed by atoms with Crippen molar-refractivity contribution in [2.24, 2.45) is 5.41 Å². The van der Waals surface area contributed by atoms with Gasteiger partial charge in [0.25, 0.3) is 0 Å². The number of halogens is 1. The molecule has 0 fully saturated rings. The number of nitrogens with zero attached hydrogens (tertiary/aromatic N) is 1. The summed E-state index contributed by atoms with van der Waals surface area (Å²) in [6, 6.07) is 7.15. The van der Waals surface area contributed by atoms with Crippen LogP contribution in [-0.4, -0.2) is 22.0 Å². The van der Waals surface area contributed by atoms with E-state index in [2.05, 4.69) is 16.9 Å². The van der Waals surface area contributed by atoms with E-state index in [0.29, 0.717) is 34.0 Å². The van der Waals surface area contributed by atoms with Crippen LogP contribution in [0.2, 0.25) is 5.02 Å². The molecule has 0 radical (unpaired) electrons. The molecule has 0 bridgehead atoms. The monoisotopic (exact) mass is 458 g/mol. The molecular weight excluding hydrogens is 428 g/mol. The third-order valence-electron chi connectivity index (χ3n) is 4.85. The number of carboxylic acid groups (broad SMARTS) is 1. The molecule has 2 N–H and O–H groups in total. The number of aromatic nitrogens is 1. The minimum Gasteiger partial charge on any atom is -0.479 e. The second-order valence-corrected chi connectivity index (χ2v) is 9.55. The lowest BCUT2D eigenvalue weighted by Gasteiger charge is -2.24. The van der Waals surface area contributed by atoms with Gasteiger partial charge in [-0.25, -0.2) is 4.79 Å². The number of nitrogens with one attached hydrogen (secondary N) is 1. The molecule has 1 aromatic carbocycles. The molecule has 6 nitrogen and oxygen atoms in total. The Balaban J connectivity index is 2.61. The van der Waals surface area contributed by atoms with Crippen LogP contribution in [0.3, 0.4) is 0 Å². The highest BCUT2D eigenvalue weighted by atomic mass is 35.5. The zero-order valence-electron chi connectivity index (χ0n) is 19.5. The van der Waals surface area contributed by atoms with Gasteiger partial charge in [-0.15, -0.1) is 0 Å². The number of aliphatic carboxylic acids is 1. The highest BCUT2D eigenvalue weighted by Gasteiger charge is 2.30. The van der Waals surface area contributed by atoms with E-state index in [-0.39, 0.29) is 23.6 Å². The van der Waals surface area contributed by atoms with Crippen molar-refractivity contribution in [1.29, 1.82) is 0 Å². The van der Waals surface area contributed by atoms with Crippen molar-refractivity contribution < 1.29 is 19.4 Å². The van der Waals surface area contributed by atoms with Crippen LogP contribution >= 0.6 is 11.6 Å². The summed E-state index contributed by atoms with van der Waals surface area (Å²) in [5.41, 5.74) is 3.74. The predicted octanol–water partition coefficient (Wildman–Crippen LogP) is 5.75. The number of aryl methyl sites for hydroxylation is 1. The number of amides is 1. The van der Waals surface area contributed by atoms with Crippen molar-refractivity contribution in [3.63, 3.8) is 0 Å². The quantitative estimate of drug-likeness (QED) is 0.492. The highest BCUT2D eigenvalue weighted by molar-refractivity contribution is 6.30. The second kappa shape index (κ2) is 10.2. The summed E-state index contributed by atoms with van der Waals surface area (Å²) in [7, 11) is 0. The van der Waals surface area contributed by atoms with Crippen LogP contribution in [0.4, 0.5) is 0 Å². The number of ether oxygens (including phenoxy) is 1. The smallest absolute Gasteiger partial charge is 0.349 e. The van der Waals surface area contributed by atoms with Crippen LogP contribution in [0.25, 0.3) is 11.1 Å². The Morgan fingerprint density at radius 2 is 1.81 bits per heavy atom. The molecule has 7 heteroatoms. The first-order valence-electron chi connectivity index (χ1n) is 10.4. The summed E-state index contributed by atoms with van der Waals surface area (Å²) in [6.07, 6.45) is -0.880. The summed E-state index contributed by atoms with van der Waals surface area (Å²) in [5.74, 6) is -0.920. The number of carbonyl (C=O) groups is 2. The molecule has 0 saturated carbocycles. The molecule has 0 aliphatic carbocycles. The van der Waals surface area contributed by atoms with Gasteiger partial charge in [-0.2, -0.15) is 0 Å². The molecule has 0 unspecified atom stereocenters. The second-order valence-electron chi connectivity index (χ2n) is 9.12. The maximum Gasteiger partial charge on any atom is 0.349 e. The zero-order chi connectivity index (χ0) is 24.2. The Bertz CT molecular complexity index is 1020. The summed E-state index contributed by atoms with van der Waals surface area (Å²) < 4.78 is 5.58. The Morgan fingerprint density at radius 1 is 1.22 bits per heavy atom. The van der Waals surface area contributed by atoms with Gasteiger partial charge in [-0.05, 0) is 55.0 Å². The first-order chi connectivity index (χ1) is 14.8. The fraction of sp³-hybridized carbons (Fsp3) is 0.400. The SMILES string of the molecule is C=C(C)O[C@H](C(=O)O)c1c(C)nc(CNC(=O)CC(C)(C)C)c(C)c1-c1ccc(Cl)cc1. The number of rotatable bonds is 8. The van der Waals surface area contributed by atoms with Crippen molar-refractivity contribution in [3.8, 4) is 11.1 Å². The van der Waals surface area contributed by atoms with E-state index in [1.54, 1.807) is 26.0 Å². The van der Waals surface area contributed by atoms with Gasteiger partial charge in [0, 0.05) is 22.7 Å². The molecule has 2 rings (SSSR count). The molecule has 1 heterocycles. The molecule has 172 valence electrons. The van der Waals surface area contributed by atoms with Crippen LogP contribution in [0.15, 0.2) is 36.6 Å². The van der Waals surface area contributed by atoms with Crippen molar-refractivity contribution in [1.82, 2.24) is 10.3 Å². The van der Waals surface area contributed by atoms with E-state index in [1.807, 2.05) is 39.8 Å². The van der Waals surface area contributed by atoms with Gasteiger partial charge in [-0.1, -0.05) is 51.1 Å². The highest BCUT2D eigenvalue weighted by Crippen LogP contribution is 2.37. The standard InChI is InChI=1S/C25H31ClN2O4/c1-14(2)32-23(24(30)31)22-16(4)28-19(13-27-20(29)12-25(5,6)7)15(3)21(22)17-8-10-18(26)11-9-17/h8-11,23H,1,12-13H2,2-7H3,(H,27,29)(H,30,31)/t23-/m0/s1. The first kappa shape index (κ1) is 25.4. The van der Waals surface area contributed by atoms with Gasteiger partial charge in [0.2, 0.25) is 12.0 Å². The molecular formula is C25H31ClN2O4. The lowest BCUT2D eigenvalue weighted by Crippen LogP contribution is -2.28. The lowest BCUT2D eigenvalue weighted by atomic mass is 9.90. The number of hydrogen-bond acceptors (Lipinski definition) is 4. The average Bonchev–Trinajstić information content (AvgIpc) is 2.65. The topological polar surface area (TPSA) is 88.5 Å². The summed E-state index contributed by atoms with van der Waals surface area (Å²) in [6.45, 7) is 15.1. The average molecular weight is 459 g/mol. The first-order valence-corrected chi connectivity index (χ1v) is 10.8. The molecule has 0 aliphatic heterocycles. The van der Waals surface area contributed by atoms with Crippen molar-refractivity contribution in [3.05, 3.63) is 64.1 Å². The van der Waals surface area contributed by atoms with E-state index in [9.17, 15) is 14.7 Å². The number of benzene rings is 1. The van der Waals surface area contributed by atoms with E-state index < -0.39 is 12.1 Å². The summed E-state index contributed by atoms with van der Waals surface area (Å²) in [4.78, 5) is 29.1. The predicted molar refractivity (Wildman–Crippen MR) is 126 cm³/mol. The van der Waals surface area contributed by atoms with Gasteiger partial charge in [0.15, 0.2) is 0 Å². The zero-order valence-corrected chi connectivity index (χ0v) is 20.3. The third-order valence-corrected chi connectivity index (χ3v) is 5.10. The summed E-state index contributed by atoms with van der Waals surface area (Å²) in [5, 5.41) is 13.4. The molecule has 1 aromatic heterocycles. The maximum atomic E-state index is 12.3. The minimum atomic E-state index is -1.27. The van der Waals surface area contributed by atoms with Crippen molar-refractivity contribution in [2.45, 2.75) is 60.6 Å². The van der Waals surface area contributed by atoms with E-state index in [0.717, 1.165) is 11.1 Å². The molecule has 0 saturated heterocycles. The molecule has 0 aliphatic rings. The number of hydrogen-bond donors (Lipinski definition) is 2. The van der Waals surface area contributed by atoms with Crippen LogP contribution < -0.4 is 5.32 Å². The number of carboxylic acids is 1. The Hall–Kier alpha value is -2.86. The van der Waals surface area contributed by atoms with E-state index in [4.69, 9.17) is 16.3 Å². The van der Waals surface area contributed by atoms with Gasteiger partial charge >= 0.3 is 5.97 Å². The molecule has 1 atom stereocenters.